The van der Waals surface area contributed by atoms with Crippen LogP contribution in [0.15, 0.2) is 34.3 Å². The van der Waals surface area contributed by atoms with Crippen LogP contribution < -0.4 is 0 Å². The summed E-state index contributed by atoms with van der Waals surface area (Å²) >= 11 is 0. The topological polar surface area (TPSA) is 65.2 Å². The molecule has 0 radical (unpaired) electrons. The number of phenols is 2. The van der Waals surface area contributed by atoms with Gasteiger partial charge in [0.2, 0.25) is 0 Å². The van der Waals surface area contributed by atoms with Crippen molar-refractivity contribution in [2.45, 2.75) is 97.6 Å². The van der Waals surface area contributed by atoms with Crippen LogP contribution in [-0.2, 0) is 10.8 Å². The zero-order valence-electron chi connectivity index (χ0n) is 21.5. The lowest BCUT2D eigenvalue weighted by atomic mass is 9.85. The number of phenolic OH excluding ortho intramolecular Hbond substituents is 2. The summed E-state index contributed by atoms with van der Waals surface area (Å²) in [7, 11) is 0. The van der Waals surface area contributed by atoms with E-state index in [4.69, 9.17) is 9.98 Å². The van der Waals surface area contributed by atoms with E-state index in [9.17, 15) is 10.2 Å². The van der Waals surface area contributed by atoms with Gasteiger partial charge in [0.25, 0.3) is 0 Å². The first-order valence-electron chi connectivity index (χ1n) is 12.0. The molecule has 3 rings (SSSR count). The Morgan fingerprint density at radius 1 is 0.697 bits per heavy atom. The predicted octanol–water partition coefficient (Wildman–Crippen LogP) is 6.77. The maximum absolute atomic E-state index is 10.6. The molecule has 0 spiro atoms. The highest BCUT2D eigenvalue weighted by Crippen LogP contribution is 2.32. The van der Waals surface area contributed by atoms with Gasteiger partial charge in [-0.15, -0.1) is 0 Å². The molecule has 2 aromatic rings. The second-order valence-corrected chi connectivity index (χ2v) is 11.6. The zero-order chi connectivity index (χ0) is 24.6. The highest BCUT2D eigenvalue weighted by molar-refractivity contribution is 5.86. The van der Waals surface area contributed by atoms with Gasteiger partial charge in [-0.05, 0) is 78.3 Å². The van der Waals surface area contributed by atoms with Gasteiger partial charge in [0.05, 0.1) is 12.1 Å². The number of hydrogen-bond acceptors (Lipinski definition) is 4. The van der Waals surface area contributed by atoms with Crippen molar-refractivity contribution in [2.24, 2.45) is 9.98 Å². The number of aryl methyl sites for hydroxylation is 2. The molecule has 178 valence electrons. The second kappa shape index (κ2) is 9.32. The van der Waals surface area contributed by atoms with Gasteiger partial charge in [0.15, 0.2) is 0 Å². The van der Waals surface area contributed by atoms with Gasteiger partial charge >= 0.3 is 0 Å². The van der Waals surface area contributed by atoms with Crippen molar-refractivity contribution in [1.29, 1.82) is 0 Å². The van der Waals surface area contributed by atoms with Crippen molar-refractivity contribution in [1.82, 2.24) is 0 Å². The van der Waals surface area contributed by atoms with Crippen LogP contribution in [0.2, 0.25) is 0 Å². The molecule has 0 amide bonds. The molecule has 1 saturated carbocycles. The Balaban J connectivity index is 1.85. The van der Waals surface area contributed by atoms with E-state index in [0.29, 0.717) is 11.5 Å². The second-order valence-electron chi connectivity index (χ2n) is 11.6. The number of rotatable bonds is 4. The van der Waals surface area contributed by atoms with Gasteiger partial charge in [-0.3, -0.25) is 9.98 Å². The lowest BCUT2D eigenvalue weighted by molar-refractivity contribution is 0.468. The molecule has 0 bridgehead atoms. The van der Waals surface area contributed by atoms with Crippen LogP contribution in [0.4, 0.5) is 0 Å². The summed E-state index contributed by atoms with van der Waals surface area (Å²) in [6.07, 6.45) is 6.66. The predicted molar refractivity (Wildman–Crippen MR) is 140 cm³/mol. The SMILES string of the molecule is Cc1cc(C(C)(C)C)cc(C=NC2CCCC2N=Cc2cc(C(C)(C)C)cc(C)c2O)c1O. The monoisotopic (exact) mass is 448 g/mol. The van der Waals surface area contributed by atoms with Crippen LogP contribution in [0.3, 0.4) is 0 Å². The van der Waals surface area contributed by atoms with Crippen LogP contribution in [0, 0.1) is 13.8 Å². The quantitative estimate of drug-likeness (QED) is 0.507. The third-order valence-electron chi connectivity index (χ3n) is 6.65. The maximum atomic E-state index is 10.6. The minimum atomic E-state index is 0.00294. The number of hydrogen-bond donors (Lipinski definition) is 2. The largest absolute Gasteiger partial charge is 0.507 e. The summed E-state index contributed by atoms with van der Waals surface area (Å²) in [5.74, 6) is 0.591. The Bertz CT molecular complexity index is 983. The average molecular weight is 449 g/mol. The molecule has 0 aliphatic heterocycles. The highest BCUT2D eigenvalue weighted by Gasteiger charge is 2.26. The molecule has 0 aromatic heterocycles. The maximum Gasteiger partial charge on any atom is 0.127 e. The Kier molecular flexibility index (Phi) is 7.07. The number of aromatic hydroxyl groups is 2. The first kappa shape index (κ1) is 25.0. The molecular formula is C29H40N2O2. The van der Waals surface area contributed by atoms with Gasteiger partial charge in [-0.2, -0.15) is 0 Å². The summed E-state index contributed by atoms with van der Waals surface area (Å²) in [5.41, 5.74) is 5.64. The standard InChI is InChI=1S/C29H40N2O2/c1-18-12-22(28(3,4)5)14-20(26(18)32)16-30-24-10-9-11-25(24)31-17-21-15-23(29(6,7)8)13-19(2)27(21)33/h12-17,24-25,32-33H,9-11H2,1-8H3. The Labute approximate surface area is 199 Å². The van der Waals surface area contributed by atoms with E-state index in [-0.39, 0.29) is 22.9 Å². The number of nitrogens with zero attached hydrogens (tertiary/aromatic N) is 2. The minimum absolute atomic E-state index is 0.00294. The molecule has 1 fully saturated rings. The molecule has 4 heteroatoms. The van der Waals surface area contributed by atoms with Gasteiger partial charge in [0, 0.05) is 23.6 Å². The summed E-state index contributed by atoms with van der Waals surface area (Å²) < 4.78 is 0. The van der Waals surface area contributed by atoms with Gasteiger partial charge < -0.3 is 10.2 Å². The fourth-order valence-corrected chi connectivity index (χ4v) is 4.30. The normalized spacial score (nSPS) is 19.8. The minimum Gasteiger partial charge on any atom is -0.507 e. The summed E-state index contributed by atoms with van der Waals surface area (Å²) in [6, 6.07) is 8.34. The van der Waals surface area contributed by atoms with Crippen molar-refractivity contribution >= 4 is 12.4 Å². The molecule has 2 aromatic carbocycles. The van der Waals surface area contributed by atoms with E-state index >= 15 is 0 Å². The van der Waals surface area contributed by atoms with Crippen LogP contribution in [0.1, 0.15) is 94.2 Å². The van der Waals surface area contributed by atoms with E-state index in [1.54, 1.807) is 0 Å². The average Bonchev–Trinajstić information content (AvgIpc) is 3.15. The van der Waals surface area contributed by atoms with E-state index in [1.165, 1.54) is 11.1 Å². The van der Waals surface area contributed by atoms with E-state index in [1.807, 2.05) is 38.4 Å². The van der Waals surface area contributed by atoms with Crippen molar-refractivity contribution in [3.05, 3.63) is 57.6 Å². The van der Waals surface area contributed by atoms with Crippen LogP contribution in [-0.4, -0.2) is 34.7 Å². The van der Waals surface area contributed by atoms with E-state index < -0.39 is 0 Å². The van der Waals surface area contributed by atoms with Crippen molar-refractivity contribution in [3.8, 4) is 11.5 Å². The van der Waals surface area contributed by atoms with E-state index in [2.05, 4.69) is 53.7 Å². The van der Waals surface area contributed by atoms with E-state index in [0.717, 1.165) is 41.5 Å². The third-order valence-corrected chi connectivity index (χ3v) is 6.65. The Morgan fingerprint density at radius 2 is 1.06 bits per heavy atom. The summed E-state index contributed by atoms with van der Waals surface area (Å²) in [5, 5.41) is 21.2. The van der Waals surface area contributed by atoms with Crippen LogP contribution >= 0.6 is 0 Å². The highest BCUT2D eigenvalue weighted by atomic mass is 16.3. The number of benzene rings is 2. The molecular weight excluding hydrogens is 408 g/mol. The molecule has 0 saturated heterocycles. The molecule has 2 atom stereocenters. The number of aliphatic imine (C=N–C) groups is 2. The Morgan fingerprint density at radius 3 is 1.39 bits per heavy atom. The first-order chi connectivity index (χ1) is 15.3. The summed E-state index contributed by atoms with van der Waals surface area (Å²) in [6.45, 7) is 16.9. The molecule has 2 unspecified atom stereocenters. The fraction of sp³-hybridized carbons (Fsp3) is 0.517. The van der Waals surface area contributed by atoms with Crippen LogP contribution in [0.25, 0.3) is 0 Å². The lowest BCUT2D eigenvalue weighted by Gasteiger charge is -2.21. The molecule has 0 heterocycles. The third kappa shape index (κ3) is 5.85. The van der Waals surface area contributed by atoms with Gasteiger partial charge in [-0.1, -0.05) is 53.7 Å². The molecule has 2 N–H and O–H groups in total. The fourth-order valence-electron chi connectivity index (χ4n) is 4.30. The Hall–Kier alpha value is -2.62. The summed E-state index contributed by atoms with van der Waals surface area (Å²) in [4.78, 5) is 9.70. The zero-order valence-corrected chi connectivity index (χ0v) is 21.5. The smallest absolute Gasteiger partial charge is 0.127 e. The van der Waals surface area contributed by atoms with Gasteiger partial charge in [0.1, 0.15) is 11.5 Å². The first-order valence-corrected chi connectivity index (χ1v) is 12.0. The lowest BCUT2D eigenvalue weighted by Crippen LogP contribution is -2.16. The molecule has 33 heavy (non-hydrogen) atoms. The van der Waals surface area contributed by atoms with Crippen molar-refractivity contribution in [2.75, 3.05) is 0 Å². The van der Waals surface area contributed by atoms with Gasteiger partial charge in [-0.25, -0.2) is 0 Å². The molecule has 1 aliphatic carbocycles. The van der Waals surface area contributed by atoms with Crippen molar-refractivity contribution in [3.63, 3.8) is 0 Å². The van der Waals surface area contributed by atoms with Crippen molar-refractivity contribution < 1.29 is 10.2 Å². The van der Waals surface area contributed by atoms with Crippen LogP contribution in [0.5, 0.6) is 11.5 Å². The molecule has 4 nitrogen and oxygen atoms in total. The molecule has 1 aliphatic rings.